The molecule has 0 radical (unpaired) electrons. The Bertz CT molecular complexity index is 1320. The summed E-state index contributed by atoms with van der Waals surface area (Å²) in [6, 6.07) is 14.3. The van der Waals surface area contributed by atoms with Crippen LogP contribution in [0.3, 0.4) is 0 Å². The summed E-state index contributed by atoms with van der Waals surface area (Å²) < 4.78 is 13.7. The molecule has 0 bridgehead atoms. The number of carbonyl (C=O) groups excluding carboxylic acids is 1. The predicted molar refractivity (Wildman–Crippen MR) is 142 cm³/mol. The number of urea groups is 1. The van der Waals surface area contributed by atoms with E-state index in [4.69, 9.17) is 14.9 Å². The molecule has 2 amide bonds. The molecule has 5 rings (SSSR count). The van der Waals surface area contributed by atoms with Gasteiger partial charge in [-0.3, -0.25) is 0 Å². The number of carbonyl (C=O) groups is 1. The van der Waals surface area contributed by atoms with E-state index in [0.29, 0.717) is 12.6 Å². The number of fused-ring (bicyclic) bond motifs is 1. The monoisotopic (exact) mass is 487 g/mol. The Morgan fingerprint density at radius 1 is 1.22 bits per heavy atom. The third-order valence-corrected chi connectivity index (χ3v) is 6.58. The molecule has 1 saturated carbocycles. The Kier molecular flexibility index (Phi) is 6.84. The molecular formula is C28H33N5O3. The number of aromatic nitrogens is 2. The zero-order valence-corrected chi connectivity index (χ0v) is 20.8. The Labute approximate surface area is 210 Å². The molecule has 8 nitrogen and oxygen atoms in total. The van der Waals surface area contributed by atoms with Gasteiger partial charge in [-0.15, -0.1) is 0 Å². The van der Waals surface area contributed by atoms with Gasteiger partial charge >= 0.3 is 6.03 Å². The van der Waals surface area contributed by atoms with Crippen LogP contribution in [0.5, 0.6) is 5.75 Å². The summed E-state index contributed by atoms with van der Waals surface area (Å²) in [6.07, 6.45) is 8.30. The van der Waals surface area contributed by atoms with Crippen LogP contribution >= 0.6 is 0 Å². The Morgan fingerprint density at radius 3 is 2.69 bits per heavy atom. The second-order valence-corrected chi connectivity index (χ2v) is 9.60. The lowest BCUT2D eigenvalue weighted by atomic mass is 9.92. The third-order valence-electron chi connectivity index (χ3n) is 6.58. The van der Waals surface area contributed by atoms with Gasteiger partial charge in [-0.2, -0.15) is 0 Å². The van der Waals surface area contributed by atoms with Crippen LogP contribution in [0.15, 0.2) is 59.3 Å². The molecule has 0 spiro atoms. The SMILES string of the molecule is CC(C)NC(=O)Nc1ccc(-c2c(N)c3ccc(OCCCc4ncco4)cc3n2C2CCC2)cc1. The fourth-order valence-corrected chi connectivity index (χ4v) is 4.66. The minimum atomic E-state index is -0.214. The molecule has 2 aromatic heterocycles. The molecule has 0 atom stereocenters. The number of hydrogen-bond donors (Lipinski definition) is 3. The van der Waals surface area contributed by atoms with E-state index in [1.54, 1.807) is 12.5 Å². The topological polar surface area (TPSA) is 107 Å². The van der Waals surface area contributed by atoms with Crippen molar-refractivity contribution in [2.75, 3.05) is 17.7 Å². The van der Waals surface area contributed by atoms with Gasteiger partial charge in [0.2, 0.25) is 0 Å². The lowest BCUT2D eigenvalue weighted by Gasteiger charge is -2.30. The number of anilines is 2. The number of ether oxygens (including phenoxy) is 1. The van der Waals surface area contributed by atoms with Gasteiger partial charge in [0.25, 0.3) is 0 Å². The minimum Gasteiger partial charge on any atom is -0.494 e. The number of nitrogen functional groups attached to an aromatic ring is 1. The fraction of sp³-hybridized carbons (Fsp3) is 0.357. The fourth-order valence-electron chi connectivity index (χ4n) is 4.66. The van der Waals surface area contributed by atoms with Crippen LogP contribution in [-0.4, -0.2) is 28.2 Å². The van der Waals surface area contributed by atoms with Crippen molar-refractivity contribution in [3.05, 3.63) is 60.8 Å². The van der Waals surface area contributed by atoms with Crippen molar-refractivity contribution in [3.8, 4) is 17.0 Å². The highest BCUT2D eigenvalue weighted by atomic mass is 16.5. The highest BCUT2D eigenvalue weighted by molar-refractivity contribution is 6.02. The van der Waals surface area contributed by atoms with Gasteiger partial charge in [0.15, 0.2) is 5.89 Å². The maximum absolute atomic E-state index is 12.1. The van der Waals surface area contributed by atoms with Crippen molar-refractivity contribution in [3.63, 3.8) is 0 Å². The molecule has 2 heterocycles. The van der Waals surface area contributed by atoms with Gasteiger partial charge in [-0.25, -0.2) is 9.78 Å². The molecule has 4 N–H and O–H groups in total. The summed E-state index contributed by atoms with van der Waals surface area (Å²) >= 11 is 0. The number of amides is 2. The van der Waals surface area contributed by atoms with Crippen molar-refractivity contribution in [2.24, 2.45) is 0 Å². The van der Waals surface area contributed by atoms with Crippen LogP contribution < -0.4 is 21.1 Å². The molecule has 4 aromatic rings. The molecule has 8 heteroatoms. The highest BCUT2D eigenvalue weighted by Gasteiger charge is 2.27. The van der Waals surface area contributed by atoms with Crippen molar-refractivity contribution in [1.29, 1.82) is 0 Å². The van der Waals surface area contributed by atoms with Gasteiger partial charge in [-0.05, 0) is 63.8 Å². The largest absolute Gasteiger partial charge is 0.494 e. The molecule has 1 fully saturated rings. The summed E-state index contributed by atoms with van der Waals surface area (Å²) in [5.74, 6) is 1.56. The van der Waals surface area contributed by atoms with E-state index in [0.717, 1.165) is 70.9 Å². The quantitative estimate of drug-likeness (QED) is 0.246. The third kappa shape index (κ3) is 5.03. The lowest BCUT2D eigenvalue weighted by Crippen LogP contribution is -2.34. The average Bonchev–Trinajstić information content (AvgIpc) is 3.43. The zero-order chi connectivity index (χ0) is 25.1. The lowest BCUT2D eigenvalue weighted by molar-refractivity contribution is 0.250. The van der Waals surface area contributed by atoms with E-state index >= 15 is 0 Å². The Hall–Kier alpha value is -3.94. The minimum absolute atomic E-state index is 0.0733. The smallest absolute Gasteiger partial charge is 0.319 e. The highest BCUT2D eigenvalue weighted by Crippen LogP contribution is 2.44. The van der Waals surface area contributed by atoms with Crippen molar-refractivity contribution >= 4 is 28.3 Å². The molecule has 36 heavy (non-hydrogen) atoms. The molecule has 2 aromatic carbocycles. The summed E-state index contributed by atoms with van der Waals surface area (Å²) in [7, 11) is 0. The average molecular weight is 488 g/mol. The van der Waals surface area contributed by atoms with Crippen LogP contribution in [0.1, 0.15) is 51.5 Å². The Balaban J connectivity index is 1.39. The van der Waals surface area contributed by atoms with E-state index in [1.165, 1.54) is 6.42 Å². The van der Waals surface area contributed by atoms with Crippen LogP contribution in [0.2, 0.25) is 0 Å². The number of oxazole rings is 1. The second-order valence-electron chi connectivity index (χ2n) is 9.60. The second kappa shape index (κ2) is 10.4. The zero-order valence-electron chi connectivity index (χ0n) is 20.8. The summed E-state index contributed by atoms with van der Waals surface area (Å²) in [5.41, 5.74) is 11.4. The van der Waals surface area contributed by atoms with E-state index in [-0.39, 0.29) is 12.1 Å². The summed E-state index contributed by atoms with van der Waals surface area (Å²) in [4.78, 5) is 16.2. The standard InChI is InChI=1S/C28H33N5O3/c1-18(2)31-28(34)32-20-10-8-19(9-11-20)27-26(29)23-13-12-22(17-24(23)33(27)21-5-3-6-21)35-15-4-7-25-30-14-16-36-25/h8-14,16-18,21H,3-7,15,29H2,1-2H3,(H2,31,32,34). The number of rotatable bonds is 9. The first kappa shape index (κ1) is 23.8. The number of nitrogens with two attached hydrogens (primary N) is 1. The number of hydrogen-bond acceptors (Lipinski definition) is 5. The molecule has 1 aliphatic rings. The van der Waals surface area contributed by atoms with E-state index in [2.05, 4.69) is 32.3 Å². The Morgan fingerprint density at radius 2 is 2.03 bits per heavy atom. The van der Waals surface area contributed by atoms with Crippen LogP contribution in [-0.2, 0) is 6.42 Å². The first-order chi connectivity index (χ1) is 17.5. The van der Waals surface area contributed by atoms with Crippen LogP contribution in [0.4, 0.5) is 16.2 Å². The maximum Gasteiger partial charge on any atom is 0.319 e. The van der Waals surface area contributed by atoms with Crippen LogP contribution in [0.25, 0.3) is 22.2 Å². The number of benzene rings is 2. The van der Waals surface area contributed by atoms with Crippen molar-refractivity contribution in [2.45, 2.75) is 58.0 Å². The molecular weight excluding hydrogens is 454 g/mol. The van der Waals surface area contributed by atoms with Crippen molar-refractivity contribution < 1.29 is 13.9 Å². The molecule has 0 aliphatic heterocycles. The van der Waals surface area contributed by atoms with E-state index in [1.807, 2.05) is 44.2 Å². The molecule has 188 valence electrons. The van der Waals surface area contributed by atoms with Gasteiger partial charge in [0, 0.05) is 41.2 Å². The van der Waals surface area contributed by atoms with Gasteiger partial charge in [0.1, 0.15) is 12.0 Å². The van der Waals surface area contributed by atoms with Gasteiger partial charge in [0.05, 0.1) is 29.7 Å². The van der Waals surface area contributed by atoms with Gasteiger partial charge in [-0.1, -0.05) is 12.1 Å². The van der Waals surface area contributed by atoms with E-state index < -0.39 is 0 Å². The maximum atomic E-state index is 12.1. The molecule has 0 unspecified atom stereocenters. The number of nitrogens with zero attached hydrogens (tertiary/aromatic N) is 2. The predicted octanol–water partition coefficient (Wildman–Crippen LogP) is 6.15. The van der Waals surface area contributed by atoms with Crippen molar-refractivity contribution in [1.82, 2.24) is 14.9 Å². The molecule has 1 aliphatic carbocycles. The number of nitrogens with one attached hydrogen (secondary N) is 2. The summed E-state index contributed by atoms with van der Waals surface area (Å²) in [5, 5.41) is 6.75. The van der Waals surface area contributed by atoms with Gasteiger partial charge < -0.3 is 30.1 Å². The van der Waals surface area contributed by atoms with E-state index in [9.17, 15) is 4.79 Å². The summed E-state index contributed by atoms with van der Waals surface area (Å²) in [6.45, 7) is 4.44. The molecule has 0 saturated heterocycles. The first-order valence-electron chi connectivity index (χ1n) is 12.6. The first-order valence-corrected chi connectivity index (χ1v) is 12.6. The normalized spacial score (nSPS) is 13.6. The number of aryl methyl sites for hydroxylation is 1. The van der Waals surface area contributed by atoms with Crippen LogP contribution in [0, 0.1) is 0 Å².